The highest BCUT2D eigenvalue weighted by Gasteiger charge is 2.01. The first kappa shape index (κ1) is 13.8. The second-order valence-electron chi connectivity index (χ2n) is 4.48. The van der Waals surface area contributed by atoms with Crippen LogP contribution >= 0.6 is 9.24 Å². The van der Waals surface area contributed by atoms with Gasteiger partial charge >= 0.3 is 0 Å². The van der Waals surface area contributed by atoms with Crippen molar-refractivity contribution in [3.8, 4) is 0 Å². The predicted octanol–water partition coefficient (Wildman–Crippen LogP) is 5.00. The molecule has 0 saturated carbocycles. The molecular formula is C14H23OP. The van der Waals surface area contributed by atoms with E-state index in [1.165, 1.54) is 56.9 Å². The lowest BCUT2D eigenvalue weighted by molar-refractivity contribution is 0.573. The molecule has 0 aliphatic carbocycles. The van der Waals surface area contributed by atoms with Crippen molar-refractivity contribution < 1.29 is 4.42 Å². The van der Waals surface area contributed by atoms with Gasteiger partial charge in [0, 0.05) is 9.24 Å². The fraction of sp³-hybridized carbons (Fsp3) is 0.714. The van der Waals surface area contributed by atoms with Gasteiger partial charge in [0.25, 0.3) is 0 Å². The van der Waals surface area contributed by atoms with E-state index in [4.69, 9.17) is 4.42 Å². The van der Waals surface area contributed by atoms with Crippen molar-refractivity contribution >= 4 is 14.7 Å². The first-order valence-electron chi connectivity index (χ1n) is 6.60. The van der Waals surface area contributed by atoms with Gasteiger partial charge in [0.05, 0.1) is 6.26 Å². The summed E-state index contributed by atoms with van der Waals surface area (Å²) in [5.41, 5.74) is 2.05. The highest BCUT2D eigenvalue weighted by molar-refractivity contribution is 7.26. The van der Waals surface area contributed by atoms with Crippen LogP contribution in [0, 0.1) is 0 Å². The Morgan fingerprint density at radius 1 is 1.00 bits per heavy atom. The summed E-state index contributed by atoms with van der Waals surface area (Å²) in [7, 11) is 4.26. The van der Waals surface area contributed by atoms with E-state index in [0.717, 1.165) is 11.9 Å². The Labute approximate surface area is 102 Å². The molecule has 0 bridgehead atoms. The summed E-state index contributed by atoms with van der Waals surface area (Å²) >= 11 is 0. The molecule has 16 heavy (non-hydrogen) atoms. The normalized spacial score (nSPS) is 10.9. The van der Waals surface area contributed by atoms with Gasteiger partial charge in [0.2, 0.25) is 0 Å². The van der Waals surface area contributed by atoms with Crippen molar-refractivity contribution in [3.63, 3.8) is 0 Å². The van der Waals surface area contributed by atoms with Crippen molar-refractivity contribution in [2.45, 2.75) is 64.7 Å². The van der Waals surface area contributed by atoms with Crippen molar-refractivity contribution in [2.75, 3.05) is 0 Å². The van der Waals surface area contributed by atoms with Gasteiger partial charge in [-0.3, -0.25) is 0 Å². The molecule has 0 aliphatic heterocycles. The van der Waals surface area contributed by atoms with E-state index in [1.54, 1.807) is 6.26 Å². The number of rotatable bonds is 9. The molecule has 90 valence electrons. The Bertz CT molecular complexity index is 267. The van der Waals surface area contributed by atoms with Crippen molar-refractivity contribution in [2.24, 2.45) is 0 Å². The standard InChI is InChI=1S/C14H23OP/c1-2-3-4-5-6-7-8-9-10-13-11-12-15-14(13)16/h11-12H,2-10H2,1H3. The van der Waals surface area contributed by atoms with Gasteiger partial charge in [0.1, 0.15) is 5.50 Å². The largest absolute Gasteiger partial charge is 0.464 e. The van der Waals surface area contributed by atoms with Crippen molar-refractivity contribution in [1.82, 2.24) is 0 Å². The van der Waals surface area contributed by atoms with E-state index in [-0.39, 0.29) is 0 Å². The summed E-state index contributed by atoms with van der Waals surface area (Å²) in [6.07, 6.45) is 13.8. The summed E-state index contributed by atoms with van der Waals surface area (Å²) in [5, 5.41) is 0. The summed E-state index contributed by atoms with van der Waals surface area (Å²) in [5.74, 6) is 0. The van der Waals surface area contributed by atoms with Crippen LogP contribution in [-0.2, 0) is 6.42 Å². The SMILES string of the molecule is CCCCCCCCCCc1ccoc1[P]. The third-order valence-corrected chi connectivity index (χ3v) is 3.42. The predicted molar refractivity (Wildman–Crippen MR) is 71.6 cm³/mol. The molecule has 0 amide bonds. The number of aryl methyl sites for hydroxylation is 1. The highest BCUT2D eigenvalue weighted by Crippen LogP contribution is 2.11. The molecule has 1 rings (SSSR count). The van der Waals surface area contributed by atoms with E-state index < -0.39 is 0 Å². The first-order chi connectivity index (χ1) is 7.84. The maximum absolute atomic E-state index is 5.15. The maximum Gasteiger partial charge on any atom is 0.138 e. The summed E-state index contributed by atoms with van der Waals surface area (Å²) < 4.78 is 5.15. The smallest absolute Gasteiger partial charge is 0.138 e. The van der Waals surface area contributed by atoms with E-state index >= 15 is 0 Å². The zero-order valence-electron chi connectivity index (χ0n) is 10.4. The van der Waals surface area contributed by atoms with Crippen LogP contribution in [0.4, 0.5) is 0 Å². The molecule has 0 aromatic carbocycles. The summed E-state index contributed by atoms with van der Waals surface area (Å²) in [4.78, 5) is 0. The van der Waals surface area contributed by atoms with Crippen LogP contribution in [0.15, 0.2) is 16.7 Å². The second kappa shape index (κ2) is 8.82. The van der Waals surface area contributed by atoms with Crippen LogP contribution in [0.5, 0.6) is 0 Å². The van der Waals surface area contributed by atoms with Crippen LogP contribution in [0.25, 0.3) is 0 Å². The monoisotopic (exact) mass is 238 g/mol. The Morgan fingerprint density at radius 3 is 2.19 bits per heavy atom. The quantitative estimate of drug-likeness (QED) is 0.436. The second-order valence-corrected chi connectivity index (χ2v) is 4.88. The fourth-order valence-electron chi connectivity index (χ4n) is 1.97. The van der Waals surface area contributed by atoms with Gasteiger partial charge in [0.15, 0.2) is 0 Å². The Kier molecular flexibility index (Phi) is 7.59. The van der Waals surface area contributed by atoms with E-state index in [0.29, 0.717) is 0 Å². The van der Waals surface area contributed by atoms with Crippen LogP contribution in [-0.4, -0.2) is 0 Å². The van der Waals surface area contributed by atoms with Crippen LogP contribution in [0.3, 0.4) is 0 Å². The van der Waals surface area contributed by atoms with Gasteiger partial charge in [-0.1, -0.05) is 51.9 Å². The number of hydrogen-bond donors (Lipinski definition) is 0. The molecule has 0 unspecified atom stereocenters. The highest BCUT2D eigenvalue weighted by atomic mass is 31.0. The van der Waals surface area contributed by atoms with Gasteiger partial charge in [-0.2, -0.15) is 0 Å². The van der Waals surface area contributed by atoms with Crippen LogP contribution in [0.2, 0.25) is 0 Å². The van der Waals surface area contributed by atoms with Crippen molar-refractivity contribution in [3.05, 3.63) is 17.9 Å². The lowest BCUT2D eigenvalue weighted by Crippen LogP contribution is -1.95. The van der Waals surface area contributed by atoms with E-state index in [9.17, 15) is 0 Å². The molecule has 1 heterocycles. The lowest BCUT2D eigenvalue weighted by Gasteiger charge is -2.01. The molecule has 1 nitrogen and oxygen atoms in total. The van der Waals surface area contributed by atoms with Crippen molar-refractivity contribution in [1.29, 1.82) is 0 Å². The van der Waals surface area contributed by atoms with Crippen LogP contribution in [0.1, 0.15) is 63.9 Å². The zero-order chi connectivity index (χ0) is 11.6. The molecular weight excluding hydrogens is 215 g/mol. The molecule has 2 heteroatoms. The third-order valence-electron chi connectivity index (χ3n) is 3.02. The van der Waals surface area contributed by atoms with Gasteiger partial charge in [-0.25, -0.2) is 0 Å². The average Bonchev–Trinajstić information content (AvgIpc) is 2.68. The zero-order valence-corrected chi connectivity index (χ0v) is 11.3. The summed E-state index contributed by atoms with van der Waals surface area (Å²) in [6.45, 7) is 2.26. The third kappa shape index (κ3) is 5.70. The molecule has 0 atom stereocenters. The van der Waals surface area contributed by atoms with Gasteiger partial charge < -0.3 is 4.42 Å². The van der Waals surface area contributed by atoms with Gasteiger partial charge in [-0.15, -0.1) is 0 Å². The molecule has 0 spiro atoms. The molecule has 0 fully saturated rings. The first-order valence-corrected chi connectivity index (χ1v) is 7.04. The molecule has 0 N–H and O–H groups in total. The van der Waals surface area contributed by atoms with E-state index in [2.05, 4.69) is 16.2 Å². The Hall–Kier alpha value is -0.290. The average molecular weight is 238 g/mol. The van der Waals surface area contributed by atoms with Crippen LogP contribution < -0.4 is 5.50 Å². The molecule has 0 saturated heterocycles. The minimum absolute atomic E-state index is 0.794. The number of unbranched alkanes of at least 4 members (excludes halogenated alkanes) is 7. The molecule has 2 radical (unpaired) electrons. The lowest BCUT2D eigenvalue weighted by atomic mass is 10.1. The minimum Gasteiger partial charge on any atom is -0.464 e. The Balaban J connectivity index is 1.91. The molecule has 0 aliphatic rings. The number of furan rings is 1. The molecule has 1 aromatic rings. The molecule has 1 aromatic heterocycles. The number of hydrogen-bond acceptors (Lipinski definition) is 1. The topological polar surface area (TPSA) is 13.1 Å². The van der Waals surface area contributed by atoms with Gasteiger partial charge in [-0.05, 0) is 24.5 Å². The fourth-order valence-corrected chi connectivity index (χ4v) is 2.21. The maximum atomic E-state index is 5.15. The summed E-state index contributed by atoms with van der Waals surface area (Å²) in [6, 6.07) is 2.03. The minimum atomic E-state index is 0.794. The Morgan fingerprint density at radius 2 is 1.62 bits per heavy atom. The van der Waals surface area contributed by atoms with E-state index in [1.807, 2.05) is 6.07 Å².